The van der Waals surface area contributed by atoms with Gasteiger partial charge in [0.1, 0.15) is 17.2 Å². The smallest absolute Gasteiger partial charge is 0.412 e. The van der Waals surface area contributed by atoms with Crippen LogP contribution in [0.25, 0.3) is 0 Å². The molecule has 1 amide bonds. The first kappa shape index (κ1) is 14.6. The van der Waals surface area contributed by atoms with Gasteiger partial charge in [-0.05, 0) is 0 Å². The fourth-order valence-corrected chi connectivity index (χ4v) is 1.25. The Hall–Kier alpha value is -2.44. The number of carbonyl (C=O) groups excluding carboxylic acids is 1. The number of methoxy groups -OCH3 is 2. The van der Waals surface area contributed by atoms with Crippen molar-refractivity contribution in [3.8, 4) is 17.2 Å². The molecule has 0 bridgehead atoms. The minimum Gasteiger partial charge on any atom is -0.496 e. The molecule has 2 N–H and O–H groups in total. The maximum atomic E-state index is 11.4. The highest BCUT2D eigenvalue weighted by molar-refractivity contribution is 5.72. The molecule has 1 aromatic carbocycles. The molecule has 0 aliphatic carbocycles. The number of amides is 1. The molecule has 0 aliphatic rings. The fraction of sp³-hybridized carbons (Fsp3) is 0.333. The van der Waals surface area contributed by atoms with E-state index in [4.69, 9.17) is 19.3 Å². The van der Waals surface area contributed by atoms with Crippen LogP contribution in [0.4, 0.5) is 4.79 Å². The van der Waals surface area contributed by atoms with Crippen LogP contribution in [-0.4, -0.2) is 37.9 Å². The van der Waals surface area contributed by atoms with Crippen LogP contribution in [0.2, 0.25) is 0 Å². The maximum absolute atomic E-state index is 11.4. The second-order valence-electron chi connectivity index (χ2n) is 3.51. The second kappa shape index (κ2) is 7.10. The molecule has 0 saturated carbocycles. The van der Waals surface area contributed by atoms with Crippen molar-refractivity contribution in [2.45, 2.75) is 6.42 Å². The Bertz CT molecular complexity index is 437. The lowest BCUT2D eigenvalue weighted by atomic mass is 10.3. The summed E-state index contributed by atoms with van der Waals surface area (Å²) < 4.78 is 15.0. The van der Waals surface area contributed by atoms with Crippen molar-refractivity contribution >= 4 is 12.1 Å². The van der Waals surface area contributed by atoms with Crippen LogP contribution in [0.5, 0.6) is 17.2 Å². The van der Waals surface area contributed by atoms with Gasteiger partial charge in [0.2, 0.25) is 0 Å². The van der Waals surface area contributed by atoms with Gasteiger partial charge in [-0.25, -0.2) is 4.79 Å². The van der Waals surface area contributed by atoms with Gasteiger partial charge in [0, 0.05) is 24.7 Å². The van der Waals surface area contributed by atoms with Crippen molar-refractivity contribution in [2.75, 3.05) is 20.8 Å². The number of carbonyl (C=O) groups is 2. The third kappa shape index (κ3) is 5.15. The van der Waals surface area contributed by atoms with Gasteiger partial charge in [0.25, 0.3) is 0 Å². The Morgan fingerprint density at radius 1 is 1.11 bits per heavy atom. The maximum Gasteiger partial charge on any atom is 0.412 e. The van der Waals surface area contributed by atoms with Crippen LogP contribution in [0.15, 0.2) is 18.2 Å². The van der Waals surface area contributed by atoms with Crippen molar-refractivity contribution in [1.29, 1.82) is 0 Å². The van der Waals surface area contributed by atoms with Crippen molar-refractivity contribution in [1.82, 2.24) is 5.32 Å². The van der Waals surface area contributed by atoms with Gasteiger partial charge < -0.3 is 24.6 Å². The Kier molecular flexibility index (Phi) is 5.46. The van der Waals surface area contributed by atoms with Gasteiger partial charge in [-0.15, -0.1) is 0 Å². The van der Waals surface area contributed by atoms with Crippen molar-refractivity contribution in [3.63, 3.8) is 0 Å². The van der Waals surface area contributed by atoms with Gasteiger partial charge >= 0.3 is 12.1 Å². The molecule has 104 valence electrons. The van der Waals surface area contributed by atoms with E-state index in [1.807, 2.05) is 0 Å². The largest absolute Gasteiger partial charge is 0.496 e. The third-order valence-corrected chi connectivity index (χ3v) is 2.14. The van der Waals surface area contributed by atoms with Gasteiger partial charge in [0.15, 0.2) is 0 Å². The molecule has 0 atom stereocenters. The lowest BCUT2D eigenvalue weighted by Gasteiger charge is -2.09. The molecule has 19 heavy (non-hydrogen) atoms. The summed E-state index contributed by atoms with van der Waals surface area (Å²) in [6, 6.07) is 4.66. The Morgan fingerprint density at radius 2 is 1.63 bits per heavy atom. The number of nitrogens with one attached hydrogen (secondary N) is 1. The number of benzene rings is 1. The molecule has 0 aliphatic heterocycles. The van der Waals surface area contributed by atoms with E-state index in [9.17, 15) is 9.59 Å². The van der Waals surface area contributed by atoms with E-state index in [1.165, 1.54) is 26.4 Å². The number of hydrogen-bond donors (Lipinski definition) is 2. The van der Waals surface area contributed by atoms with Crippen molar-refractivity contribution < 1.29 is 28.9 Å². The molecule has 1 aromatic rings. The molecule has 1 rings (SSSR count). The highest BCUT2D eigenvalue weighted by Crippen LogP contribution is 2.27. The number of ether oxygens (including phenoxy) is 3. The molecule has 0 aromatic heterocycles. The van der Waals surface area contributed by atoms with Crippen molar-refractivity contribution in [2.24, 2.45) is 0 Å². The highest BCUT2D eigenvalue weighted by atomic mass is 16.6. The molecule has 0 radical (unpaired) electrons. The zero-order valence-corrected chi connectivity index (χ0v) is 10.6. The summed E-state index contributed by atoms with van der Waals surface area (Å²) in [5, 5.41) is 10.7. The van der Waals surface area contributed by atoms with E-state index in [0.29, 0.717) is 11.5 Å². The molecule has 0 spiro atoms. The second-order valence-corrected chi connectivity index (χ2v) is 3.51. The lowest BCUT2D eigenvalue weighted by molar-refractivity contribution is -0.136. The summed E-state index contributed by atoms with van der Waals surface area (Å²) >= 11 is 0. The zero-order valence-electron chi connectivity index (χ0n) is 10.6. The van der Waals surface area contributed by atoms with E-state index >= 15 is 0 Å². The van der Waals surface area contributed by atoms with E-state index in [-0.39, 0.29) is 18.7 Å². The Morgan fingerprint density at radius 3 is 2.11 bits per heavy atom. The van der Waals surface area contributed by atoms with Crippen LogP contribution in [-0.2, 0) is 4.79 Å². The molecule has 0 fully saturated rings. The molecule has 7 heteroatoms. The quantitative estimate of drug-likeness (QED) is 0.807. The topological polar surface area (TPSA) is 94.1 Å². The predicted molar refractivity (Wildman–Crippen MR) is 65.8 cm³/mol. The summed E-state index contributed by atoms with van der Waals surface area (Å²) in [5.41, 5.74) is 0. The monoisotopic (exact) mass is 269 g/mol. The number of carboxylic acid groups (broad SMARTS) is 1. The number of aliphatic carboxylic acids is 1. The normalized spacial score (nSPS) is 9.58. The number of rotatable bonds is 6. The van der Waals surface area contributed by atoms with E-state index in [2.05, 4.69) is 5.32 Å². The zero-order chi connectivity index (χ0) is 14.3. The first-order chi connectivity index (χ1) is 9.05. The van der Waals surface area contributed by atoms with Crippen LogP contribution < -0.4 is 19.5 Å². The number of carboxylic acids is 1. The van der Waals surface area contributed by atoms with Gasteiger partial charge in [-0.3, -0.25) is 4.79 Å². The predicted octanol–water partition coefficient (Wildman–Crippen LogP) is 1.27. The molecular formula is C12H15NO6. The summed E-state index contributed by atoms with van der Waals surface area (Å²) in [7, 11) is 2.96. The minimum absolute atomic E-state index is 0.00469. The average Bonchev–Trinajstić information content (AvgIpc) is 2.37. The SMILES string of the molecule is COc1cc(OC)cc(OC(=O)NCCC(=O)O)c1. The van der Waals surface area contributed by atoms with E-state index in [0.717, 1.165) is 0 Å². The average molecular weight is 269 g/mol. The lowest BCUT2D eigenvalue weighted by Crippen LogP contribution is -2.28. The first-order valence-corrected chi connectivity index (χ1v) is 5.45. The Balaban J connectivity index is 2.60. The number of hydrogen-bond acceptors (Lipinski definition) is 5. The van der Waals surface area contributed by atoms with Crippen LogP contribution in [0.1, 0.15) is 6.42 Å². The van der Waals surface area contributed by atoms with E-state index in [1.54, 1.807) is 6.07 Å². The van der Waals surface area contributed by atoms with Crippen LogP contribution in [0, 0.1) is 0 Å². The summed E-state index contributed by atoms with van der Waals surface area (Å²) in [5.74, 6) is 0.202. The highest BCUT2D eigenvalue weighted by Gasteiger charge is 2.08. The molecule has 0 heterocycles. The summed E-state index contributed by atoms with van der Waals surface area (Å²) in [6.07, 6.45) is -0.909. The van der Waals surface area contributed by atoms with Gasteiger partial charge in [0.05, 0.1) is 20.6 Å². The Labute approximate surface area is 110 Å². The van der Waals surface area contributed by atoms with Gasteiger partial charge in [-0.2, -0.15) is 0 Å². The fourth-order valence-electron chi connectivity index (χ4n) is 1.25. The first-order valence-electron chi connectivity index (χ1n) is 5.45. The standard InChI is InChI=1S/C12H15NO6/c1-17-8-5-9(18-2)7-10(6-8)19-12(16)13-4-3-11(14)15/h5-7H,3-4H2,1-2H3,(H,13,16)(H,14,15). The van der Waals surface area contributed by atoms with Crippen LogP contribution in [0.3, 0.4) is 0 Å². The molecular weight excluding hydrogens is 254 g/mol. The van der Waals surface area contributed by atoms with Crippen molar-refractivity contribution in [3.05, 3.63) is 18.2 Å². The summed E-state index contributed by atoms with van der Waals surface area (Å²) in [6.45, 7) is -0.00469. The summed E-state index contributed by atoms with van der Waals surface area (Å²) in [4.78, 5) is 21.7. The minimum atomic E-state index is -0.997. The molecule has 7 nitrogen and oxygen atoms in total. The van der Waals surface area contributed by atoms with E-state index < -0.39 is 12.1 Å². The van der Waals surface area contributed by atoms with Crippen LogP contribution >= 0.6 is 0 Å². The molecule has 0 saturated heterocycles. The third-order valence-electron chi connectivity index (χ3n) is 2.14. The van der Waals surface area contributed by atoms with Gasteiger partial charge in [-0.1, -0.05) is 0 Å². The molecule has 0 unspecified atom stereocenters.